The van der Waals surface area contributed by atoms with Crippen LogP contribution in [0.25, 0.3) is 0 Å². The summed E-state index contributed by atoms with van der Waals surface area (Å²) < 4.78 is 25.2. The molecule has 14 heteroatoms. The number of H-pyrrole nitrogens is 1. The summed E-state index contributed by atoms with van der Waals surface area (Å²) in [5.41, 5.74) is 10.8. The van der Waals surface area contributed by atoms with Crippen LogP contribution in [0.5, 0.6) is 0 Å². The standard InChI is InChI=1S/C9H19N.C8H15F2N.C8H13N3.C8H18N2.C5H11N5/c1-8(2)10-6-4-9(3)5-7-10;1-7(2)11-5-3-8(9,10)4-6-11;1-6(2)10-8-5-3-4-7(9)11-8;1-8(2)10-6-4-9(3)5-7-10;1-3(2)7-5-8-4(6)9-10-5/h8-9H,4-7H2,1-3H3;7H,3-6H2,1-2H3;3-6H,1-2H3,(H3,9,10,11);8H,4-7H2,1-3H3;3H,1-2H3,(H4,6,7,8,9,10). The van der Waals surface area contributed by atoms with Crippen LogP contribution in [0.1, 0.15) is 102 Å². The van der Waals surface area contributed by atoms with E-state index in [1.807, 2.05) is 39.8 Å². The van der Waals surface area contributed by atoms with E-state index in [1.54, 1.807) is 6.07 Å². The maximum absolute atomic E-state index is 12.6. The van der Waals surface area contributed by atoms with Gasteiger partial charge in [0.1, 0.15) is 11.6 Å². The summed E-state index contributed by atoms with van der Waals surface area (Å²) in [6.45, 7) is 32.4. The Balaban J connectivity index is 0.000000325. The lowest BCUT2D eigenvalue weighted by atomic mass is 9.98. The highest BCUT2D eigenvalue weighted by atomic mass is 19.3. The van der Waals surface area contributed by atoms with Gasteiger partial charge in [0.2, 0.25) is 11.9 Å². The van der Waals surface area contributed by atoms with Crippen molar-refractivity contribution in [2.75, 3.05) is 81.5 Å². The fourth-order valence-corrected chi connectivity index (χ4v) is 5.68. The van der Waals surface area contributed by atoms with Crippen LogP contribution < -0.4 is 22.1 Å². The van der Waals surface area contributed by atoms with Crippen molar-refractivity contribution in [1.29, 1.82) is 0 Å². The van der Waals surface area contributed by atoms with Crippen molar-refractivity contribution in [3.8, 4) is 0 Å². The fraction of sp³-hybridized carbons (Fsp3) is 0.816. The van der Waals surface area contributed by atoms with E-state index < -0.39 is 5.92 Å². The summed E-state index contributed by atoms with van der Waals surface area (Å²) in [7, 11) is 2.19. The molecule has 0 atom stereocenters. The number of aromatic nitrogens is 4. The smallest absolute Gasteiger partial charge is 0.250 e. The molecule has 0 aliphatic carbocycles. The Morgan fingerprint density at radius 3 is 1.62 bits per heavy atom. The van der Waals surface area contributed by atoms with Crippen LogP contribution >= 0.6 is 0 Å². The molecule has 5 rings (SSSR count). The molecule has 302 valence electrons. The number of piperidine rings is 2. The average Bonchev–Trinajstić information content (AvgIpc) is 3.45. The summed E-state index contributed by atoms with van der Waals surface area (Å²) >= 11 is 0. The highest BCUT2D eigenvalue weighted by molar-refractivity contribution is 5.42. The third kappa shape index (κ3) is 21.7. The van der Waals surface area contributed by atoms with Gasteiger partial charge in [-0.3, -0.25) is 4.90 Å². The predicted octanol–water partition coefficient (Wildman–Crippen LogP) is 6.59. The van der Waals surface area contributed by atoms with E-state index in [-0.39, 0.29) is 12.8 Å². The number of likely N-dealkylation sites (N-methyl/N-ethyl adjacent to an activating group) is 1. The molecule has 2 aromatic heterocycles. The number of nitrogens with two attached hydrogens (primary N) is 2. The number of hydrogen-bond acceptors (Lipinski definition) is 11. The number of nitrogens with one attached hydrogen (secondary N) is 3. The number of hydrogen-bond donors (Lipinski definition) is 5. The zero-order chi connectivity index (χ0) is 39.4. The summed E-state index contributed by atoms with van der Waals surface area (Å²) in [6, 6.07) is 8.17. The SMILES string of the molecule is CC(C)N1CCC(F)(F)CC1.CC(C)N1CCN(C)CC1.CC(C)Nc1cccc(N)n1.CC(C)Nc1n[nH]c(N)n1.CC1CCN(C(C)C)CC1. The molecule has 2 aromatic rings. The van der Waals surface area contributed by atoms with E-state index in [0.29, 0.717) is 48.9 Å². The normalized spacial score (nSPS) is 18.8. The number of nitrogen functional groups attached to an aromatic ring is 2. The lowest BCUT2D eigenvalue weighted by molar-refractivity contribution is -0.0603. The molecule has 3 fully saturated rings. The Kier molecular flexibility index (Phi) is 22.2. The number of likely N-dealkylation sites (tertiary alicyclic amines) is 2. The first-order chi connectivity index (χ1) is 24.3. The summed E-state index contributed by atoms with van der Waals surface area (Å²) in [6.07, 6.45) is 2.87. The van der Waals surface area contributed by atoms with Gasteiger partial charge in [-0.1, -0.05) is 13.0 Å². The lowest BCUT2D eigenvalue weighted by Crippen LogP contribution is -2.47. The Morgan fingerprint density at radius 2 is 1.19 bits per heavy atom. The van der Waals surface area contributed by atoms with E-state index in [9.17, 15) is 8.78 Å². The number of piperazine rings is 1. The zero-order valence-corrected chi connectivity index (χ0v) is 34.7. The Morgan fingerprint density at radius 1 is 0.712 bits per heavy atom. The predicted molar refractivity (Wildman–Crippen MR) is 217 cm³/mol. The fourth-order valence-electron chi connectivity index (χ4n) is 5.68. The van der Waals surface area contributed by atoms with Gasteiger partial charge in [-0.2, -0.15) is 4.98 Å². The molecule has 0 radical (unpaired) electrons. The van der Waals surface area contributed by atoms with E-state index in [2.05, 4.69) is 106 Å². The molecule has 0 unspecified atom stereocenters. The summed E-state index contributed by atoms with van der Waals surface area (Å²) in [5, 5.41) is 12.5. The number of anilines is 4. The van der Waals surface area contributed by atoms with Crippen molar-refractivity contribution >= 4 is 23.5 Å². The van der Waals surface area contributed by atoms with Gasteiger partial charge in [0.05, 0.1) is 0 Å². The van der Waals surface area contributed by atoms with Gasteiger partial charge >= 0.3 is 0 Å². The third-order valence-electron chi connectivity index (χ3n) is 9.20. The van der Waals surface area contributed by atoms with Gasteiger partial charge in [-0.05, 0) is 120 Å². The first-order valence-electron chi connectivity index (χ1n) is 19.5. The highest BCUT2D eigenvalue weighted by Gasteiger charge is 2.34. The quantitative estimate of drug-likeness (QED) is 0.210. The average molecular weight is 739 g/mol. The molecule has 3 aliphatic rings. The Hall–Kier alpha value is -2.81. The van der Waals surface area contributed by atoms with Gasteiger partial charge < -0.3 is 36.8 Å². The van der Waals surface area contributed by atoms with Crippen LogP contribution in [0.3, 0.4) is 0 Å². The van der Waals surface area contributed by atoms with Gasteiger partial charge in [0, 0.05) is 82.3 Å². The van der Waals surface area contributed by atoms with Crippen LogP contribution in [0.15, 0.2) is 18.2 Å². The first-order valence-corrected chi connectivity index (χ1v) is 19.5. The Labute approximate surface area is 315 Å². The van der Waals surface area contributed by atoms with Crippen molar-refractivity contribution in [3.63, 3.8) is 0 Å². The van der Waals surface area contributed by atoms with Crippen LogP contribution in [0.2, 0.25) is 0 Å². The molecular weight excluding hydrogens is 662 g/mol. The van der Waals surface area contributed by atoms with Crippen molar-refractivity contribution in [3.05, 3.63) is 18.2 Å². The molecular formula is C38H76F2N12. The second kappa shape index (κ2) is 24.5. The monoisotopic (exact) mass is 739 g/mol. The largest absolute Gasteiger partial charge is 0.384 e. The molecule has 3 saturated heterocycles. The molecule has 0 bridgehead atoms. The Bertz CT molecular complexity index is 1140. The van der Waals surface area contributed by atoms with Gasteiger partial charge in [0.25, 0.3) is 5.92 Å². The topological polar surface area (TPSA) is 144 Å². The van der Waals surface area contributed by atoms with E-state index in [4.69, 9.17) is 11.5 Å². The molecule has 12 nitrogen and oxygen atoms in total. The third-order valence-corrected chi connectivity index (χ3v) is 9.20. The molecule has 0 amide bonds. The van der Waals surface area contributed by atoms with Gasteiger partial charge in [-0.25, -0.2) is 18.9 Å². The summed E-state index contributed by atoms with van der Waals surface area (Å²) in [4.78, 5) is 17.5. The number of alkyl halides is 2. The number of halogens is 2. The van der Waals surface area contributed by atoms with Crippen LogP contribution in [0.4, 0.5) is 32.3 Å². The molecule has 7 N–H and O–H groups in total. The minimum Gasteiger partial charge on any atom is -0.384 e. The van der Waals surface area contributed by atoms with Crippen LogP contribution in [-0.4, -0.2) is 135 Å². The highest BCUT2D eigenvalue weighted by Crippen LogP contribution is 2.28. The van der Waals surface area contributed by atoms with Crippen molar-refractivity contribution in [2.24, 2.45) is 5.92 Å². The first kappa shape index (κ1) is 47.2. The zero-order valence-electron chi connectivity index (χ0n) is 34.7. The van der Waals surface area contributed by atoms with Crippen molar-refractivity contribution < 1.29 is 8.78 Å². The number of aromatic amines is 1. The minimum atomic E-state index is -2.40. The minimum absolute atomic E-state index is 0.0329. The molecule has 5 heterocycles. The number of rotatable bonds is 7. The number of nitrogens with zero attached hydrogens (tertiary/aromatic N) is 7. The van der Waals surface area contributed by atoms with E-state index >= 15 is 0 Å². The molecule has 0 spiro atoms. The van der Waals surface area contributed by atoms with E-state index in [0.717, 1.165) is 23.8 Å². The van der Waals surface area contributed by atoms with E-state index in [1.165, 1.54) is 52.1 Å². The molecule has 52 heavy (non-hydrogen) atoms. The van der Waals surface area contributed by atoms with Crippen molar-refractivity contribution in [2.45, 2.75) is 138 Å². The van der Waals surface area contributed by atoms with Gasteiger partial charge in [0.15, 0.2) is 0 Å². The maximum Gasteiger partial charge on any atom is 0.250 e. The van der Waals surface area contributed by atoms with Gasteiger partial charge in [-0.15, -0.1) is 5.10 Å². The maximum atomic E-state index is 12.6. The second-order valence-electron chi connectivity index (χ2n) is 15.8. The molecule has 0 aromatic carbocycles. The van der Waals surface area contributed by atoms with Crippen LogP contribution in [-0.2, 0) is 0 Å². The second-order valence-corrected chi connectivity index (χ2v) is 15.8. The molecule has 0 saturated carbocycles. The summed E-state index contributed by atoms with van der Waals surface area (Å²) in [5.74, 6) is 0.840. The lowest BCUT2D eigenvalue weighted by Gasteiger charge is -2.34. The van der Waals surface area contributed by atoms with Crippen LogP contribution in [0, 0.1) is 5.92 Å². The molecule has 3 aliphatic heterocycles. The van der Waals surface area contributed by atoms with Crippen molar-refractivity contribution in [1.82, 2.24) is 39.8 Å². The number of pyridine rings is 1.